The minimum absolute atomic E-state index is 0.474. The maximum atomic E-state index is 11.4. The van der Waals surface area contributed by atoms with E-state index in [2.05, 4.69) is 10.2 Å². The summed E-state index contributed by atoms with van der Waals surface area (Å²) in [6.45, 7) is 3.76. The molecular formula is C10H15N3O2. The molecule has 1 heterocycles. The number of nitrogens with two attached hydrogens (primary N) is 1. The maximum absolute atomic E-state index is 11.4. The van der Waals surface area contributed by atoms with E-state index < -0.39 is 16.9 Å². The van der Waals surface area contributed by atoms with Crippen LogP contribution in [0.4, 0.5) is 0 Å². The van der Waals surface area contributed by atoms with E-state index in [0.29, 0.717) is 5.69 Å². The van der Waals surface area contributed by atoms with Crippen LogP contribution < -0.4 is 5.73 Å². The van der Waals surface area contributed by atoms with Gasteiger partial charge in [0, 0.05) is 0 Å². The lowest BCUT2D eigenvalue weighted by Gasteiger charge is -2.43. The summed E-state index contributed by atoms with van der Waals surface area (Å²) in [5, 5.41) is 15.9. The van der Waals surface area contributed by atoms with Crippen LogP contribution in [0.15, 0.2) is 6.20 Å². The lowest BCUT2D eigenvalue weighted by atomic mass is 9.63. The van der Waals surface area contributed by atoms with Crippen molar-refractivity contribution in [2.75, 3.05) is 0 Å². The van der Waals surface area contributed by atoms with Crippen molar-refractivity contribution in [1.82, 2.24) is 10.2 Å². The van der Waals surface area contributed by atoms with Crippen molar-refractivity contribution >= 4 is 5.97 Å². The van der Waals surface area contributed by atoms with Crippen molar-refractivity contribution in [3.63, 3.8) is 0 Å². The number of hydrogen-bond donors (Lipinski definition) is 3. The molecular weight excluding hydrogens is 194 g/mol. The van der Waals surface area contributed by atoms with Gasteiger partial charge in [0.05, 0.1) is 11.9 Å². The first kappa shape index (κ1) is 10.2. The summed E-state index contributed by atoms with van der Waals surface area (Å²) in [5.41, 5.74) is 5.69. The normalized spacial score (nSPS) is 28.5. The predicted octanol–water partition coefficient (Wildman–Crippen LogP) is 0.621. The number of aryl methyl sites for hydroxylation is 1. The third-order valence-corrected chi connectivity index (χ3v) is 3.54. The molecule has 0 saturated carbocycles. The first-order chi connectivity index (χ1) is 6.89. The van der Waals surface area contributed by atoms with E-state index in [0.717, 1.165) is 18.4 Å². The van der Waals surface area contributed by atoms with Crippen LogP contribution in [0.5, 0.6) is 0 Å². The van der Waals surface area contributed by atoms with Crippen LogP contribution in [0, 0.1) is 5.41 Å². The van der Waals surface area contributed by atoms with Crippen LogP contribution in [0.25, 0.3) is 0 Å². The molecule has 2 rings (SSSR count). The fraction of sp³-hybridized carbons (Fsp3) is 0.600. The van der Waals surface area contributed by atoms with E-state index >= 15 is 0 Å². The lowest BCUT2D eigenvalue weighted by Crippen LogP contribution is -2.58. The van der Waals surface area contributed by atoms with Gasteiger partial charge in [0.2, 0.25) is 0 Å². The number of carbonyl (C=O) groups is 1. The van der Waals surface area contributed by atoms with E-state index in [9.17, 15) is 9.90 Å². The van der Waals surface area contributed by atoms with Gasteiger partial charge in [-0.3, -0.25) is 5.10 Å². The molecule has 1 unspecified atom stereocenters. The van der Waals surface area contributed by atoms with Crippen LogP contribution in [-0.2, 0) is 16.8 Å². The zero-order chi connectivity index (χ0) is 11.3. The topological polar surface area (TPSA) is 92.0 Å². The van der Waals surface area contributed by atoms with Crippen molar-refractivity contribution in [3.8, 4) is 0 Å². The molecule has 0 radical (unpaired) electrons. The average molecular weight is 209 g/mol. The highest BCUT2D eigenvalue weighted by Gasteiger charge is 2.54. The number of aromatic nitrogens is 2. The van der Waals surface area contributed by atoms with Crippen molar-refractivity contribution in [2.45, 2.75) is 32.2 Å². The summed E-state index contributed by atoms with van der Waals surface area (Å²) >= 11 is 0. The van der Waals surface area contributed by atoms with Crippen molar-refractivity contribution in [3.05, 3.63) is 17.5 Å². The molecule has 0 fully saturated rings. The SMILES string of the molecule is CC1(C)CCc2cn[nH]c2C1(N)C(=O)O. The lowest BCUT2D eigenvalue weighted by molar-refractivity contribution is -0.150. The number of hydrogen-bond acceptors (Lipinski definition) is 3. The molecule has 1 aliphatic carbocycles. The summed E-state index contributed by atoms with van der Waals surface area (Å²) in [7, 11) is 0. The van der Waals surface area contributed by atoms with Crippen molar-refractivity contribution in [2.24, 2.45) is 11.1 Å². The summed E-state index contributed by atoms with van der Waals surface area (Å²) in [6, 6.07) is 0. The highest BCUT2D eigenvalue weighted by atomic mass is 16.4. The molecule has 1 atom stereocenters. The van der Waals surface area contributed by atoms with Crippen molar-refractivity contribution in [1.29, 1.82) is 0 Å². The third-order valence-electron chi connectivity index (χ3n) is 3.54. The van der Waals surface area contributed by atoms with Crippen LogP contribution in [0.3, 0.4) is 0 Å². The molecule has 15 heavy (non-hydrogen) atoms. The second kappa shape index (κ2) is 2.82. The van der Waals surface area contributed by atoms with Gasteiger partial charge in [-0.1, -0.05) is 13.8 Å². The summed E-state index contributed by atoms with van der Waals surface area (Å²) in [4.78, 5) is 11.4. The number of H-pyrrole nitrogens is 1. The van der Waals surface area contributed by atoms with E-state index in [-0.39, 0.29) is 0 Å². The summed E-state index contributed by atoms with van der Waals surface area (Å²) < 4.78 is 0. The number of nitrogens with zero attached hydrogens (tertiary/aromatic N) is 1. The molecule has 0 aromatic carbocycles. The van der Waals surface area contributed by atoms with Gasteiger partial charge in [-0.15, -0.1) is 0 Å². The number of fused-ring (bicyclic) bond motifs is 1. The van der Waals surface area contributed by atoms with Crippen LogP contribution in [0.2, 0.25) is 0 Å². The number of aromatic amines is 1. The number of aliphatic carboxylic acids is 1. The molecule has 1 aliphatic rings. The number of carboxylic acids is 1. The second-order valence-corrected chi connectivity index (χ2v) is 4.77. The molecule has 0 spiro atoms. The molecule has 82 valence electrons. The Kier molecular flexibility index (Phi) is 1.91. The highest BCUT2D eigenvalue weighted by molar-refractivity contribution is 5.82. The van der Waals surface area contributed by atoms with Crippen LogP contribution in [-0.4, -0.2) is 21.3 Å². The standard InChI is InChI=1S/C10H15N3O2/c1-9(2)4-3-6-5-12-13-7(6)10(9,11)8(14)15/h5H,3-4,11H2,1-2H3,(H,12,13)(H,14,15). The Morgan fingerprint density at radius 2 is 2.33 bits per heavy atom. The maximum Gasteiger partial charge on any atom is 0.330 e. The molecule has 0 saturated heterocycles. The Morgan fingerprint density at radius 3 is 2.93 bits per heavy atom. The number of nitrogens with one attached hydrogen (secondary N) is 1. The molecule has 5 nitrogen and oxygen atoms in total. The number of carboxylic acid groups (broad SMARTS) is 1. The first-order valence-corrected chi connectivity index (χ1v) is 4.94. The van der Waals surface area contributed by atoms with Gasteiger partial charge >= 0.3 is 5.97 Å². The minimum Gasteiger partial charge on any atom is -0.480 e. The van der Waals surface area contributed by atoms with E-state index in [1.54, 1.807) is 6.20 Å². The van der Waals surface area contributed by atoms with E-state index in [1.165, 1.54) is 0 Å². The van der Waals surface area contributed by atoms with E-state index in [1.807, 2.05) is 13.8 Å². The third kappa shape index (κ3) is 1.13. The smallest absolute Gasteiger partial charge is 0.330 e. The van der Waals surface area contributed by atoms with Crippen LogP contribution in [0.1, 0.15) is 31.5 Å². The van der Waals surface area contributed by atoms with Crippen molar-refractivity contribution < 1.29 is 9.90 Å². The average Bonchev–Trinajstić information content (AvgIpc) is 2.60. The summed E-state index contributed by atoms with van der Waals surface area (Å²) in [6.07, 6.45) is 3.24. The highest BCUT2D eigenvalue weighted by Crippen LogP contribution is 2.45. The van der Waals surface area contributed by atoms with Gasteiger partial charge in [0.25, 0.3) is 0 Å². The van der Waals surface area contributed by atoms with Gasteiger partial charge in [-0.2, -0.15) is 5.10 Å². The molecule has 5 heteroatoms. The number of rotatable bonds is 1. The molecule has 0 bridgehead atoms. The van der Waals surface area contributed by atoms with E-state index in [4.69, 9.17) is 5.73 Å². The quantitative estimate of drug-likeness (QED) is 0.632. The van der Waals surface area contributed by atoms with Gasteiger partial charge in [0.1, 0.15) is 0 Å². The van der Waals surface area contributed by atoms with Gasteiger partial charge in [-0.05, 0) is 23.8 Å². The Labute approximate surface area is 87.7 Å². The van der Waals surface area contributed by atoms with Gasteiger partial charge in [0.15, 0.2) is 5.54 Å². The van der Waals surface area contributed by atoms with Gasteiger partial charge in [-0.25, -0.2) is 4.79 Å². The fourth-order valence-corrected chi connectivity index (χ4v) is 2.22. The zero-order valence-corrected chi connectivity index (χ0v) is 8.87. The predicted molar refractivity (Wildman–Crippen MR) is 54.2 cm³/mol. The first-order valence-electron chi connectivity index (χ1n) is 4.94. The zero-order valence-electron chi connectivity index (χ0n) is 8.87. The van der Waals surface area contributed by atoms with Gasteiger partial charge < -0.3 is 10.8 Å². The Balaban J connectivity index is 2.64. The monoisotopic (exact) mass is 209 g/mol. The Hall–Kier alpha value is -1.36. The molecule has 0 aliphatic heterocycles. The second-order valence-electron chi connectivity index (χ2n) is 4.77. The molecule has 0 amide bonds. The summed E-state index contributed by atoms with van der Waals surface area (Å²) in [5.74, 6) is -1.00. The Bertz CT molecular complexity index is 411. The molecule has 4 N–H and O–H groups in total. The molecule has 1 aromatic rings. The Morgan fingerprint density at radius 1 is 1.67 bits per heavy atom. The largest absolute Gasteiger partial charge is 0.480 e. The molecule has 1 aromatic heterocycles. The van der Waals surface area contributed by atoms with Crippen LogP contribution >= 0.6 is 0 Å². The minimum atomic E-state index is -1.36. The fourth-order valence-electron chi connectivity index (χ4n) is 2.22.